The molecule has 2 amide bonds. The van der Waals surface area contributed by atoms with Crippen molar-refractivity contribution < 1.29 is 14.3 Å². The second-order valence-corrected chi connectivity index (χ2v) is 6.03. The molecule has 1 aromatic rings. The summed E-state index contributed by atoms with van der Waals surface area (Å²) in [6.45, 7) is 7.13. The van der Waals surface area contributed by atoms with Crippen LogP contribution in [-0.4, -0.2) is 53.0 Å². The van der Waals surface area contributed by atoms with Crippen LogP contribution >= 0.6 is 0 Å². The lowest BCUT2D eigenvalue weighted by Crippen LogP contribution is -2.50. The Morgan fingerprint density at radius 1 is 1.41 bits per heavy atom. The van der Waals surface area contributed by atoms with Gasteiger partial charge in [-0.1, -0.05) is 0 Å². The first kappa shape index (κ1) is 16.5. The van der Waals surface area contributed by atoms with E-state index in [9.17, 15) is 4.79 Å². The van der Waals surface area contributed by atoms with Gasteiger partial charge in [0, 0.05) is 19.7 Å². The molecule has 7 heteroatoms. The minimum atomic E-state index is -0.282. The van der Waals surface area contributed by atoms with Crippen molar-refractivity contribution in [1.82, 2.24) is 15.1 Å². The van der Waals surface area contributed by atoms with Crippen LogP contribution in [0.1, 0.15) is 33.6 Å². The zero-order valence-corrected chi connectivity index (χ0v) is 13.6. The predicted molar refractivity (Wildman–Crippen MR) is 83.0 cm³/mol. The maximum Gasteiger partial charge on any atom is 0.323 e. The summed E-state index contributed by atoms with van der Waals surface area (Å²) in [4.78, 5) is 14.0. The number of amides is 2. The summed E-state index contributed by atoms with van der Waals surface area (Å²) in [6, 6.07) is 3.19. The smallest absolute Gasteiger partial charge is 0.323 e. The zero-order chi connectivity index (χ0) is 16.2. The van der Waals surface area contributed by atoms with Crippen LogP contribution in [0.3, 0.4) is 0 Å². The van der Waals surface area contributed by atoms with Crippen LogP contribution in [0.2, 0.25) is 0 Å². The molecule has 122 valence electrons. The first-order valence-electron chi connectivity index (χ1n) is 7.53. The third-order valence-corrected chi connectivity index (χ3v) is 3.67. The number of aromatic nitrogens is 2. The van der Waals surface area contributed by atoms with Crippen molar-refractivity contribution in [3.8, 4) is 5.88 Å². The first-order valence-corrected chi connectivity index (χ1v) is 7.53. The highest BCUT2D eigenvalue weighted by atomic mass is 16.5. The standard InChI is InChI=1S/C15H24N4O3/c1-11(2)22-13-7-6-12(17-18-13)16-14(20)19-9-5-8-15(3,10-19)21-4/h6-7,11H,5,8-10H2,1-4H3,(H,16,17,20). The Morgan fingerprint density at radius 3 is 2.77 bits per heavy atom. The molecule has 1 aliphatic rings. The summed E-state index contributed by atoms with van der Waals surface area (Å²) in [7, 11) is 1.68. The van der Waals surface area contributed by atoms with Crippen molar-refractivity contribution >= 4 is 11.8 Å². The zero-order valence-electron chi connectivity index (χ0n) is 13.6. The van der Waals surface area contributed by atoms with Crippen LogP contribution in [0.5, 0.6) is 5.88 Å². The van der Waals surface area contributed by atoms with Gasteiger partial charge in [-0.25, -0.2) is 4.79 Å². The Kier molecular flexibility index (Phi) is 5.18. The maximum absolute atomic E-state index is 12.3. The molecule has 1 N–H and O–H groups in total. The minimum absolute atomic E-state index is 0.0369. The number of anilines is 1. The summed E-state index contributed by atoms with van der Waals surface area (Å²) in [5.41, 5.74) is -0.282. The molecule has 1 aliphatic heterocycles. The molecule has 1 aromatic heterocycles. The lowest BCUT2D eigenvalue weighted by Gasteiger charge is -2.39. The van der Waals surface area contributed by atoms with Gasteiger partial charge < -0.3 is 14.4 Å². The molecule has 0 aromatic carbocycles. The Morgan fingerprint density at radius 2 is 2.18 bits per heavy atom. The number of urea groups is 1. The molecule has 0 saturated carbocycles. The number of nitrogens with one attached hydrogen (secondary N) is 1. The number of carbonyl (C=O) groups is 1. The molecule has 0 aliphatic carbocycles. The van der Waals surface area contributed by atoms with Crippen molar-refractivity contribution in [3.63, 3.8) is 0 Å². The Hall–Kier alpha value is -1.89. The van der Waals surface area contributed by atoms with Crippen LogP contribution in [0, 0.1) is 0 Å². The quantitative estimate of drug-likeness (QED) is 0.923. The molecule has 22 heavy (non-hydrogen) atoms. The van der Waals surface area contributed by atoms with Gasteiger partial charge in [0.05, 0.1) is 18.2 Å². The molecule has 0 radical (unpaired) electrons. The number of ether oxygens (including phenoxy) is 2. The molecule has 1 unspecified atom stereocenters. The van der Waals surface area contributed by atoms with Crippen LogP contribution in [0.15, 0.2) is 12.1 Å². The van der Waals surface area contributed by atoms with Gasteiger partial charge in [0.25, 0.3) is 0 Å². The van der Waals surface area contributed by atoms with Gasteiger partial charge in [-0.2, -0.15) is 0 Å². The highest BCUT2D eigenvalue weighted by Crippen LogP contribution is 2.24. The summed E-state index contributed by atoms with van der Waals surface area (Å²) in [5.74, 6) is 0.851. The topological polar surface area (TPSA) is 76.6 Å². The van der Waals surface area contributed by atoms with Gasteiger partial charge in [0.15, 0.2) is 5.82 Å². The number of rotatable bonds is 4. The van der Waals surface area contributed by atoms with Crippen LogP contribution in [0.25, 0.3) is 0 Å². The van der Waals surface area contributed by atoms with Crippen LogP contribution < -0.4 is 10.1 Å². The molecule has 2 rings (SSSR count). The molecule has 7 nitrogen and oxygen atoms in total. The number of piperidine rings is 1. The number of likely N-dealkylation sites (tertiary alicyclic amines) is 1. The van der Waals surface area contributed by atoms with Gasteiger partial charge in [-0.15, -0.1) is 10.2 Å². The van der Waals surface area contributed by atoms with E-state index in [1.54, 1.807) is 24.1 Å². The van der Waals surface area contributed by atoms with E-state index in [2.05, 4.69) is 15.5 Å². The number of methoxy groups -OCH3 is 1. The van der Waals surface area contributed by atoms with E-state index in [4.69, 9.17) is 9.47 Å². The van der Waals surface area contributed by atoms with Crippen molar-refractivity contribution in [2.24, 2.45) is 0 Å². The van der Waals surface area contributed by atoms with Gasteiger partial charge >= 0.3 is 6.03 Å². The molecular formula is C15H24N4O3. The van der Waals surface area contributed by atoms with E-state index in [1.807, 2.05) is 20.8 Å². The normalized spacial score (nSPS) is 21.8. The SMILES string of the molecule is COC1(C)CCCN(C(=O)Nc2ccc(OC(C)C)nn2)C1. The lowest BCUT2D eigenvalue weighted by molar-refractivity contribution is -0.0389. The van der Waals surface area contributed by atoms with Gasteiger partial charge in [0.1, 0.15) is 0 Å². The summed E-state index contributed by atoms with van der Waals surface area (Å²) in [5, 5.41) is 10.6. The molecule has 0 bridgehead atoms. The van der Waals surface area contributed by atoms with Crippen molar-refractivity contribution in [1.29, 1.82) is 0 Å². The largest absolute Gasteiger partial charge is 0.474 e. The van der Waals surface area contributed by atoms with E-state index in [0.29, 0.717) is 24.8 Å². The number of hydrogen-bond acceptors (Lipinski definition) is 5. The highest BCUT2D eigenvalue weighted by molar-refractivity contribution is 5.88. The maximum atomic E-state index is 12.3. The Balaban J connectivity index is 1.94. The summed E-state index contributed by atoms with van der Waals surface area (Å²) >= 11 is 0. The van der Waals surface area contributed by atoms with Crippen molar-refractivity contribution in [2.75, 3.05) is 25.5 Å². The van der Waals surface area contributed by atoms with E-state index in [1.165, 1.54) is 0 Å². The third kappa shape index (κ3) is 4.30. The molecular weight excluding hydrogens is 284 g/mol. The average molecular weight is 308 g/mol. The number of hydrogen-bond donors (Lipinski definition) is 1. The fraction of sp³-hybridized carbons (Fsp3) is 0.667. The molecule has 0 spiro atoms. The van der Waals surface area contributed by atoms with Gasteiger partial charge in [0.2, 0.25) is 5.88 Å². The predicted octanol–water partition coefficient (Wildman–Crippen LogP) is 2.30. The first-order chi connectivity index (χ1) is 10.4. The van der Waals surface area contributed by atoms with E-state index >= 15 is 0 Å². The van der Waals surface area contributed by atoms with Crippen LogP contribution in [0.4, 0.5) is 10.6 Å². The lowest BCUT2D eigenvalue weighted by atomic mass is 9.95. The third-order valence-electron chi connectivity index (χ3n) is 3.67. The van der Waals surface area contributed by atoms with Crippen molar-refractivity contribution in [3.05, 3.63) is 12.1 Å². The number of carbonyl (C=O) groups excluding carboxylic acids is 1. The number of nitrogens with zero attached hydrogens (tertiary/aromatic N) is 3. The summed E-state index contributed by atoms with van der Waals surface area (Å²) < 4.78 is 10.9. The Bertz CT molecular complexity index is 506. The monoisotopic (exact) mass is 308 g/mol. The highest BCUT2D eigenvalue weighted by Gasteiger charge is 2.33. The van der Waals surface area contributed by atoms with Crippen molar-refractivity contribution in [2.45, 2.75) is 45.3 Å². The second kappa shape index (κ2) is 6.91. The van der Waals surface area contributed by atoms with E-state index < -0.39 is 0 Å². The van der Waals surface area contributed by atoms with Gasteiger partial charge in [-0.3, -0.25) is 5.32 Å². The molecule has 1 fully saturated rings. The fourth-order valence-corrected chi connectivity index (χ4v) is 2.43. The van der Waals surface area contributed by atoms with E-state index in [-0.39, 0.29) is 17.7 Å². The summed E-state index contributed by atoms with van der Waals surface area (Å²) in [6.07, 6.45) is 1.91. The molecule has 1 atom stereocenters. The van der Waals surface area contributed by atoms with E-state index in [0.717, 1.165) is 12.8 Å². The molecule has 1 saturated heterocycles. The van der Waals surface area contributed by atoms with Crippen LogP contribution in [-0.2, 0) is 4.74 Å². The Labute approximate surface area is 131 Å². The average Bonchev–Trinajstić information content (AvgIpc) is 2.49. The molecule has 2 heterocycles. The van der Waals surface area contributed by atoms with Gasteiger partial charge in [-0.05, 0) is 39.7 Å². The second-order valence-electron chi connectivity index (χ2n) is 6.03. The minimum Gasteiger partial charge on any atom is -0.474 e. The fourth-order valence-electron chi connectivity index (χ4n) is 2.43.